The van der Waals surface area contributed by atoms with Crippen LogP contribution in [0.3, 0.4) is 0 Å². The lowest BCUT2D eigenvalue weighted by molar-refractivity contribution is -0.123. The largest absolute Gasteiger partial charge is 0.274 e. The molecule has 1 aliphatic heterocycles. The van der Waals surface area contributed by atoms with E-state index in [0.29, 0.717) is 0 Å². The summed E-state index contributed by atoms with van der Waals surface area (Å²) in [5.41, 5.74) is 1.78. The molecule has 3 fully saturated rings. The summed E-state index contributed by atoms with van der Waals surface area (Å²) in [6, 6.07) is 7.63. The quantitative estimate of drug-likeness (QED) is 0.524. The molecular formula is C16H15Br2NO2. The van der Waals surface area contributed by atoms with Crippen molar-refractivity contribution in [2.24, 2.45) is 23.7 Å². The van der Waals surface area contributed by atoms with E-state index in [4.69, 9.17) is 0 Å². The number of anilines is 1. The van der Waals surface area contributed by atoms with Gasteiger partial charge in [0.25, 0.3) is 0 Å². The molecule has 0 spiro atoms. The highest BCUT2D eigenvalue weighted by Gasteiger charge is 2.66. The van der Waals surface area contributed by atoms with Crippen molar-refractivity contribution in [1.29, 1.82) is 0 Å². The zero-order chi connectivity index (χ0) is 14.9. The molecule has 0 aromatic heterocycles. The number of carbonyl (C=O) groups excluding carboxylic acids is 2. The summed E-state index contributed by atoms with van der Waals surface area (Å²) in [6.07, 6.45) is 0.973. The van der Waals surface area contributed by atoms with Crippen LogP contribution in [0.1, 0.15) is 12.0 Å². The third-order valence-corrected chi connectivity index (χ3v) is 8.45. The Morgan fingerprint density at radius 1 is 1.05 bits per heavy atom. The first-order chi connectivity index (χ1) is 10.0. The molecule has 3 aliphatic rings. The van der Waals surface area contributed by atoms with Crippen LogP contribution in [0.5, 0.6) is 0 Å². The Morgan fingerprint density at radius 2 is 1.62 bits per heavy atom. The van der Waals surface area contributed by atoms with Gasteiger partial charge in [-0.2, -0.15) is 0 Å². The molecular weight excluding hydrogens is 398 g/mol. The number of nitrogens with zero attached hydrogens (tertiary/aromatic N) is 1. The van der Waals surface area contributed by atoms with Crippen molar-refractivity contribution in [2.45, 2.75) is 23.0 Å². The van der Waals surface area contributed by atoms with Gasteiger partial charge in [-0.1, -0.05) is 44.0 Å². The van der Waals surface area contributed by atoms with Gasteiger partial charge < -0.3 is 0 Å². The molecule has 21 heavy (non-hydrogen) atoms. The fourth-order valence-corrected chi connectivity index (χ4v) is 6.24. The van der Waals surface area contributed by atoms with E-state index < -0.39 is 0 Å². The first kappa shape index (κ1) is 13.9. The minimum absolute atomic E-state index is 0.00745. The fourth-order valence-electron chi connectivity index (χ4n) is 4.37. The molecule has 2 bridgehead atoms. The number of hydrogen-bond acceptors (Lipinski definition) is 2. The maximum absolute atomic E-state index is 12.8. The Hall–Kier alpha value is -0.680. The van der Waals surface area contributed by atoms with Crippen molar-refractivity contribution in [3.05, 3.63) is 29.8 Å². The number of rotatable bonds is 1. The third kappa shape index (κ3) is 1.76. The van der Waals surface area contributed by atoms with Crippen LogP contribution in [-0.2, 0) is 9.59 Å². The van der Waals surface area contributed by atoms with Gasteiger partial charge in [0.05, 0.1) is 17.5 Å². The minimum atomic E-state index is -0.138. The number of halogens is 2. The van der Waals surface area contributed by atoms with Gasteiger partial charge in [0.15, 0.2) is 0 Å². The van der Waals surface area contributed by atoms with Gasteiger partial charge in [0.1, 0.15) is 0 Å². The molecule has 110 valence electrons. The zero-order valence-electron chi connectivity index (χ0n) is 11.5. The van der Waals surface area contributed by atoms with Gasteiger partial charge in [-0.05, 0) is 42.9 Å². The minimum Gasteiger partial charge on any atom is -0.274 e. The highest BCUT2D eigenvalue weighted by atomic mass is 79.9. The Balaban J connectivity index is 1.75. The van der Waals surface area contributed by atoms with Gasteiger partial charge in [-0.3, -0.25) is 14.5 Å². The number of aryl methyl sites for hydroxylation is 1. The maximum Gasteiger partial charge on any atom is 0.238 e. The lowest BCUT2D eigenvalue weighted by atomic mass is 9.81. The highest BCUT2D eigenvalue weighted by Crippen LogP contribution is 2.60. The molecule has 6 atom stereocenters. The summed E-state index contributed by atoms with van der Waals surface area (Å²) < 4.78 is 0. The number of benzene rings is 1. The molecule has 1 aromatic rings. The summed E-state index contributed by atoms with van der Waals surface area (Å²) >= 11 is 7.41. The van der Waals surface area contributed by atoms with E-state index >= 15 is 0 Å². The number of hydrogen-bond donors (Lipinski definition) is 0. The van der Waals surface area contributed by atoms with E-state index in [9.17, 15) is 9.59 Å². The molecule has 0 unspecified atom stereocenters. The molecule has 2 amide bonds. The van der Waals surface area contributed by atoms with E-state index in [-0.39, 0.29) is 45.1 Å². The van der Waals surface area contributed by atoms with E-state index in [1.807, 2.05) is 31.2 Å². The summed E-state index contributed by atoms with van der Waals surface area (Å²) in [7, 11) is 0. The smallest absolute Gasteiger partial charge is 0.238 e. The van der Waals surface area contributed by atoms with Gasteiger partial charge >= 0.3 is 0 Å². The van der Waals surface area contributed by atoms with Crippen LogP contribution in [0.2, 0.25) is 0 Å². The average molecular weight is 413 g/mol. The van der Waals surface area contributed by atoms with Gasteiger partial charge in [-0.25, -0.2) is 0 Å². The van der Waals surface area contributed by atoms with Crippen LogP contribution in [0.25, 0.3) is 0 Å². The topological polar surface area (TPSA) is 37.4 Å². The predicted octanol–water partition coefficient (Wildman–Crippen LogP) is 3.28. The molecule has 0 radical (unpaired) electrons. The van der Waals surface area contributed by atoms with E-state index in [1.165, 1.54) is 4.90 Å². The summed E-state index contributed by atoms with van der Waals surface area (Å²) in [6.45, 7) is 1.97. The summed E-state index contributed by atoms with van der Waals surface area (Å²) in [5, 5.41) is 0. The Bertz CT molecular complexity index is 615. The van der Waals surface area contributed by atoms with Crippen molar-refractivity contribution in [3.63, 3.8) is 0 Å². The standard InChI is InChI=1S/C16H15Br2NO2/c1-7-3-2-4-8(5-7)19-15(20)11-9-6-10(12(11)16(19)21)14(18)13(9)17/h2-5,9-14H,6H2,1H3/t9-,10-,11-,12-,13-,14+/m1/s1. The maximum atomic E-state index is 12.8. The monoisotopic (exact) mass is 411 g/mol. The average Bonchev–Trinajstić information content (AvgIpc) is 3.04. The van der Waals surface area contributed by atoms with Crippen LogP contribution >= 0.6 is 31.9 Å². The van der Waals surface area contributed by atoms with E-state index in [2.05, 4.69) is 31.9 Å². The van der Waals surface area contributed by atoms with Gasteiger partial charge in [0, 0.05) is 9.65 Å². The van der Waals surface area contributed by atoms with Crippen molar-refractivity contribution >= 4 is 49.4 Å². The first-order valence-electron chi connectivity index (χ1n) is 7.23. The van der Waals surface area contributed by atoms with E-state index in [1.54, 1.807) is 0 Å². The number of alkyl halides is 2. The van der Waals surface area contributed by atoms with Crippen molar-refractivity contribution in [3.8, 4) is 0 Å². The van der Waals surface area contributed by atoms with Gasteiger partial charge in [0.2, 0.25) is 11.8 Å². The molecule has 5 heteroatoms. The van der Waals surface area contributed by atoms with Crippen molar-refractivity contribution < 1.29 is 9.59 Å². The number of carbonyl (C=O) groups is 2. The van der Waals surface area contributed by atoms with Crippen LogP contribution in [0, 0.1) is 30.6 Å². The lowest BCUT2D eigenvalue weighted by Gasteiger charge is -2.28. The molecule has 3 nitrogen and oxygen atoms in total. The first-order valence-corrected chi connectivity index (χ1v) is 9.06. The normalized spacial score (nSPS) is 41.0. The molecule has 1 heterocycles. The molecule has 2 saturated carbocycles. The SMILES string of the molecule is Cc1cccc(N2C(=O)[C@@H]3[C@H]4C[C@@H]([C@@H](Br)[C@H]4Br)[C@H]3C2=O)c1. The Labute approximate surface area is 140 Å². The molecule has 1 aromatic carbocycles. The molecule has 4 rings (SSSR count). The second-order valence-electron chi connectivity index (χ2n) is 6.35. The van der Waals surface area contributed by atoms with Crippen LogP contribution in [0.15, 0.2) is 24.3 Å². The predicted molar refractivity (Wildman–Crippen MR) is 87.7 cm³/mol. The van der Waals surface area contributed by atoms with Crippen LogP contribution in [-0.4, -0.2) is 21.5 Å². The Morgan fingerprint density at radius 3 is 2.14 bits per heavy atom. The van der Waals surface area contributed by atoms with Crippen molar-refractivity contribution in [2.75, 3.05) is 4.90 Å². The molecule has 1 saturated heterocycles. The molecule has 2 aliphatic carbocycles. The Kier molecular flexibility index (Phi) is 3.09. The summed E-state index contributed by atoms with van der Waals surface area (Å²) in [5.74, 6) is 0.257. The lowest BCUT2D eigenvalue weighted by Crippen LogP contribution is -2.37. The third-order valence-electron chi connectivity index (χ3n) is 5.25. The van der Waals surface area contributed by atoms with E-state index in [0.717, 1.165) is 17.7 Å². The molecule has 0 N–H and O–H groups in total. The second-order valence-corrected chi connectivity index (χ2v) is 8.47. The second kappa shape index (κ2) is 4.66. The number of fused-ring (bicyclic) bond motifs is 5. The van der Waals surface area contributed by atoms with Crippen LogP contribution < -0.4 is 4.90 Å². The number of amides is 2. The number of imide groups is 1. The van der Waals surface area contributed by atoms with Crippen molar-refractivity contribution in [1.82, 2.24) is 0 Å². The summed E-state index contributed by atoms with van der Waals surface area (Å²) in [4.78, 5) is 27.6. The van der Waals surface area contributed by atoms with Crippen LogP contribution in [0.4, 0.5) is 5.69 Å². The fraction of sp³-hybridized carbons (Fsp3) is 0.500. The van der Waals surface area contributed by atoms with Gasteiger partial charge in [-0.15, -0.1) is 0 Å². The highest BCUT2D eigenvalue weighted by molar-refractivity contribution is 9.12. The zero-order valence-corrected chi connectivity index (χ0v) is 14.7.